The number of carbonyl (C=O) groups is 1. The van der Waals surface area contributed by atoms with E-state index in [9.17, 15) is 22.0 Å². The van der Waals surface area contributed by atoms with Crippen LogP contribution in [0.25, 0.3) is 0 Å². The van der Waals surface area contributed by atoms with Gasteiger partial charge in [-0.3, -0.25) is 4.79 Å². The molecule has 0 spiro atoms. The predicted molar refractivity (Wildman–Crippen MR) is 64.8 cm³/mol. The van der Waals surface area contributed by atoms with E-state index >= 15 is 0 Å². The first-order valence-electron chi connectivity index (χ1n) is 5.37. The molecule has 0 fully saturated rings. The molecule has 0 atom stereocenters. The highest BCUT2D eigenvalue weighted by molar-refractivity contribution is 7.91. The second-order valence-electron chi connectivity index (χ2n) is 3.52. The summed E-state index contributed by atoms with van der Waals surface area (Å²) < 4.78 is 51.7. The number of anilines is 1. The summed E-state index contributed by atoms with van der Waals surface area (Å²) in [6, 6.07) is 4.49. The lowest BCUT2D eigenvalue weighted by atomic mass is 10.3. The molecule has 19 heavy (non-hydrogen) atoms. The van der Waals surface area contributed by atoms with E-state index in [1.54, 1.807) is 6.92 Å². The van der Waals surface area contributed by atoms with Crippen LogP contribution in [0, 0.1) is 0 Å². The van der Waals surface area contributed by atoms with Crippen LogP contribution in [0.2, 0.25) is 0 Å². The molecule has 0 aliphatic rings. The number of rotatable bonds is 6. The van der Waals surface area contributed by atoms with Gasteiger partial charge in [0.2, 0.25) is 15.7 Å². The van der Waals surface area contributed by atoms with Crippen molar-refractivity contribution >= 4 is 21.4 Å². The molecule has 0 aliphatic heterocycles. The molecule has 1 aromatic carbocycles. The fourth-order valence-corrected chi connectivity index (χ4v) is 1.94. The molecule has 0 saturated heterocycles. The van der Waals surface area contributed by atoms with Gasteiger partial charge in [-0.15, -0.1) is 0 Å². The van der Waals surface area contributed by atoms with Gasteiger partial charge in [-0.1, -0.05) is 0 Å². The van der Waals surface area contributed by atoms with E-state index in [1.165, 1.54) is 12.1 Å². The van der Waals surface area contributed by atoms with Crippen LogP contribution >= 0.6 is 0 Å². The second kappa shape index (κ2) is 6.58. The van der Waals surface area contributed by atoms with E-state index in [1.807, 2.05) is 0 Å². The highest BCUT2D eigenvalue weighted by Crippen LogP contribution is 2.20. The minimum Gasteiger partial charge on any atom is -0.372 e. The molecule has 5 nitrogen and oxygen atoms in total. The topological polar surface area (TPSA) is 72.5 Å². The number of hydrogen-bond donors (Lipinski definition) is 1. The number of carbonyl (C=O) groups excluding carboxylic acids is 1. The summed E-state index contributed by atoms with van der Waals surface area (Å²) >= 11 is 0. The first kappa shape index (κ1) is 15.5. The van der Waals surface area contributed by atoms with Crippen LogP contribution in [0.3, 0.4) is 0 Å². The average molecular weight is 293 g/mol. The third-order valence-corrected chi connectivity index (χ3v) is 3.54. The fourth-order valence-electron chi connectivity index (χ4n) is 1.22. The van der Waals surface area contributed by atoms with Gasteiger partial charge in [0.15, 0.2) is 0 Å². The Bertz CT molecular complexity index is 528. The summed E-state index contributed by atoms with van der Waals surface area (Å²) in [5, 5.41) is 2.44. The van der Waals surface area contributed by atoms with E-state index < -0.39 is 26.4 Å². The van der Waals surface area contributed by atoms with Gasteiger partial charge in [0.25, 0.3) is 0 Å². The SMILES string of the molecule is CCOCC(=O)Nc1ccc(S(=O)(=O)C(F)F)cc1. The number of hydrogen-bond acceptors (Lipinski definition) is 4. The van der Waals surface area contributed by atoms with E-state index in [-0.39, 0.29) is 6.61 Å². The van der Waals surface area contributed by atoms with E-state index in [2.05, 4.69) is 5.32 Å². The third kappa shape index (κ3) is 4.25. The van der Waals surface area contributed by atoms with Crippen molar-refractivity contribution in [1.29, 1.82) is 0 Å². The van der Waals surface area contributed by atoms with Crippen LogP contribution in [0.1, 0.15) is 6.92 Å². The van der Waals surface area contributed by atoms with Gasteiger partial charge in [0, 0.05) is 12.3 Å². The van der Waals surface area contributed by atoms with Crippen LogP contribution in [-0.4, -0.2) is 33.3 Å². The Labute approximate surface area is 109 Å². The van der Waals surface area contributed by atoms with Crippen molar-refractivity contribution in [2.75, 3.05) is 18.5 Å². The fraction of sp³-hybridized carbons (Fsp3) is 0.364. The first-order valence-corrected chi connectivity index (χ1v) is 6.92. The Morgan fingerprint density at radius 3 is 2.37 bits per heavy atom. The zero-order valence-corrected chi connectivity index (χ0v) is 10.9. The molecule has 8 heteroatoms. The Morgan fingerprint density at radius 2 is 1.89 bits per heavy atom. The maximum absolute atomic E-state index is 12.3. The molecule has 1 amide bonds. The molecule has 1 N–H and O–H groups in total. The Morgan fingerprint density at radius 1 is 1.32 bits per heavy atom. The molecule has 1 rings (SSSR count). The highest BCUT2D eigenvalue weighted by Gasteiger charge is 2.26. The molecule has 0 aromatic heterocycles. The maximum atomic E-state index is 12.3. The van der Waals surface area contributed by atoms with Crippen molar-refractivity contribution in [1.82, 2.24) is 0 Å². The van der Waals surface area contributed by atoms with Crippen LogP contribution in [0.4, 0.5) is 14.5 Å². The number of halogens is 2. The van der Waals surface area contributed by atoms with Gasteiger partial charge in [0.05, 0.1) is 4.90 Å². The number of benzene rings is 1. The lowest BCUT2D eigenvalue weighted by molar-refractivity contribution is -0.120. The molecule has 0 bridgehead atoms. The number of sulfone groups is 1. The van der Waals surface area contributed by atoms with Crippen LogP contribution < -0.4 is 5.32 Å². The van der Waals surface area contributed by atoms with Gasteiger partial charge in [-0.25, -0.2) is 8.42 Å². The largest absolute Gasteiger partial charge is 0.372 e. The molecule has 0 radical (unpaired) electrons. The van der Waals surface area contributed by atoms with Crippen LogP contribution in [-0.2, 0) is 19.4 Å². The number of alkyl halides is 2. The Balaban J connectivity index is 2.75. The van der Waals surface area contributed by atoms with Gasteiger partial charge < -0.3 is 10.1 Å². The minimum absolute atomic E-state index is 0.131. The molecule has 1 aromatic rings. The Kier molecular flexibility index (Phi) is 5.37. The molecular formula is C11H13F2NO4S. The van der Waals surface area contributed by atoms with Gasteiger partial charge in [-0.05, 0) is 31.2 Å². The van der Waals surface area contributed by atoms with Crippen molar-refractivity contribution < 1.29 is 26.7 Å². The summed E-state index contributed by atoms with van der Waals surface area (Å²) in [5.74, 6) is -3.88. The second-order valence-corrected chi connectivity index (χ2v) is 5.43. The van der Waals surface area contributed by atoms with Crippen LogP contribution in [0.15, 0.2) is 29.2 Å². The third-order valence-electron chi connectivity index (χ3n) is 2.14. The van der Waals surface area contributed by atoms with E-state index in [0.717, 1.165) is 12.1 Å². The molecule has 0 heterocycles. The zero-order chi connectivity index (χ0) is 14.5. The quantitative estimate of drug-likeness (QED) is 0.865. The summed E-state index contributed by atoms with van der Waals surface area (Å²) in [4.78, 5) is 10.8. The minimum atomic E-state index is -4.61. The zero-order valence-electron chi connectivity index (χ0n) is 10.1. The average Bonchev–Trinajstić information content (AvgIpc) is 2.36. The van der Waals surface area contributed by atoms with E-state index in [4.69, 9.17) is 4.74 Å². The normalized spacial score (nSPS) is 11.6. The summed E-state index contributed by atoms with van der Waals surface area (Å²) in [6.07, 6.45) is 0. The van der Waals surface area contributed by atoms with Gasteiger partial charge in [-0.2, -0.15) is 8.78 Å². The first-order chi connectivity index (χ1) is 8.87. The monoisotopic (exact) mass is 293 g/mol. The predicted octanol–water partition coefficient (Wildman–Crippen LogP) is 1.66. The van der Waals surface area contributed by atoms with E-state index in [0.29, 0.717) is 12.3 Å². The van der Waals surface area contributed by atoms with Gasteiger partial charge in [0.1, 0.15) is 6.61 Å². The summed E-state index contributed by atoms with van der Waals surface area (Å²) in [6.45, 7) is 1.99. The van der Waals surface area contributed by atoms with Crippen LogP contribution in [0.5, 0.6) is 0 Å². The van der Waals surface area contributed by atoms with Crippen molar-refractivity contribution in [3.8, 4) is 0 Å². The number of nitrogens with one attached hydrogen (secondary N) is 1. The summed E-state index contributed by atoms with van der Waals surface area (Å²) in [7, 11) is -4.61. The van der Waals surface area contributed by atoms with Crippen molar-refractivity contribution in [2.45, 2.75) is 17.6 Å². The summed E-state index contributed by atoms with van der Waals surface area (Å²) in [5.41, 5.74) is 0.304. The molecule has 0 saturated carbocycles. The number of ether oxygens (including phenoxy) is 1. The number of amides is 1. The van der Waals surface area contributed by atoms with Crippen molar-refractivity contribution in [3.05, 3.63) is 24.3 Å². The smallest absolute Gasteiger partial charge is 0.341 e. The van der Waals surface area contributed by atoms with Gasteiger partial charge >= 0.3 is 5.76 Å². The molecular weight excluding hydrogens is 280 g/mol. The van der Waals surface area contributed by atoms with Crippen molar-refractivity contribution in [2.24, 2.45) is 0 Å². The molecule has 0 aliphatic carbocycles. The lowest BCUT2D eigenvalue weighted by Gasteiger charge is -2.07. The maximum Gasteiger partial charge on any atom is 0.341 e. The highest BCUT2D eigenvalue weighted by atomic mass is 32.2. The standard InChI is InChI=1S/C11H13F2NO4S/c1-2-18-7-10(15)14-8-3-5-9(6-4-8)19(16,17)11(12)13/h3-6,11H,2,7H2,1H3,(H,14,15). The lowest BCUT2D eigenvalue weighted by Crippen LogP contribution is -2.18. The molecule has 106 valence electrons. The molecule has 0 unspecified atom stereocenters. The Hall–Kier alpha value is -1.54. The van der Waals surface area contributed by atoms with Crippen molar-refractivity contribution in [3.63, 3.8) is 0 Å².